The van der Waals surface area contributed by atoms with E-state index in [2.05, 4.69) is 64.2 Å². The molecule has 0 saturated carbocycles. The summed E-state index contributed by atoms with van der Waals surface area (Å²) in [5, 5.41) is 12.2. The van der Waals surface area contributed by atoms with Gasteiger partial charge in [0.25, 0.3) is 5.91 Å². The Bertz CT molecular complexity index is 1170. The van der Waals surface area contributed by atoms with Crippen LogP contribution in [-0.2, 0) is 15.6 Å². The molecule has 0 fully saturated rings. The van der Waals surface area contributed by atoms with Crippen LogP contribution in [0.25, 0.3) is 5.57 Å². The molecule has 2 N–H and O–H groups in total. The van der Waals surface area contributed by atoms with E-state index in [-0.39, 0.29) is 22.3 Å². The standard InChI is InChI=1S/C37H53NO3/c1-6-7-8-9-10-11-12-13-14-15-16-17-18-31(34(39)38-30-22-19-28(20-23-30)35(40)41)29-21-24-32-33(27-29)37(4,5)26-25-36(32,2)3/h18-24,27H,6-17,25-26H2,1-5H3,(H,38,39)(H,40,41). The van der Waals surface area contributed by atoms with Crippen molar-refractivity contribution < 1.29 is 14.7 Å². The van der Waals surface area contributed by atoms with Crippen LogP contribution < -0.4 is 5.32 Å². The van der Waals surface area contributed by atoms with Gasteiger partial charge in [0.05, 0.1) is 5.56 Å². The fourth-order valence-electron chi connectivity index (χ4n) is 6.05. The number of fused-ring (bicyclic) bond motifs is 1. The number of benzene rings is 2. The van der Waals surface area contributed by atoms with Crippen molar-refractivity contribution in [2.75, 3.05) is 5.32 Å². The predicted molar refractivity (Wildman–Crippen MR) is 173 cm³/mol. The number of carbonyl (C=O) groups excluding carboxylic acids is 1. The molecule has 0 radical (unpaired) electrons. The van der Waals surface area contributed by atoms with E-state index >= 15 is 0 Å². The quantitative estimate of drug-likeness (QED) is 0.159. The third kappa shape index (κ3) is 9.58. The van der Waals surface area contributed by atoms with Gasteiger partial charge in [0, 0.05) is 11.3 Å². The first-order valence-corrected chi connectivity index (χ1v) is 16.1. The molecule has 224 valence electrons. The Hall–Kier alpha value is -2.88. The Morgan fingerprint density at radius 1 is 0.732 bits per heavy atom. The van der Waals surface area contributed by atoms with Gasteiger partial charge in [-0.3, -0.25) is 4.79 Å². The van der Waals surface area contributed by atoms with E-state index in [0.717, 1.165) is 31.2 Å². The maximum Gasteiger partial charge on any atom is 0.335 e. The van der Waals surface area contributed by atoms with E-state index in [4.69, 9.17) is 0 Å². The molecular formula is C37H53NO3. The molecule has 1 aliphatic carbocycles. The van der Waals surface area contributed by atoms with Crippen LogP contribution in [0, 0.1) is 0 Å². The first-order valence-electron chi connectivity index (χ1n) is 16.1. The Labute approximate surface area is 249 Å². The number of carboxylic acid groups (broad SMARTS) is 1. The van der Waals surface area contributed by atoms with Crippen LogP contribution in [0.3, 0.4) is 0 Å². The molecule has 3 rings (SSSR count). The molecule has 0 atom stereocenters. The molecule has 4 nitrogen and oxygen atoms in total. The summed E-state index contributed by atoms with van der Waals surface area (Å²) in [6, 6.07) is 12.9. The molecule has 1 amide bonds. The van der Waals surface area contributed by atoms with Gasteiger partial charge in [-0.25, -0.2) is 4.79 Å². The molecule has 2 aromatic rings. The van der Waals surface area contributed by atoms with Gasteiger partial charge in [0.15, 0.2) is 0 Å². The van der Waals surface area contributed by atoms with Crippen molar-refractivity contribution in [2.24, 2.45) is 0 Å². The lowest BCUT2D eigenvalue weighted by Gasteiger charge is -2.42. The summed E-state index contributed by atoms with van der Waals surface area (Å²) in [5.74, 6) is -1.13. The van der Waals surface area contributed by atoms with Crippen molar-refractivity contribution in [2.45, 2.75) is 135 Å². The van der Waals surface area contributed by atoms with Crippen molar-refractivity contribution in [1.82, 2.24) is 0 Å². The third-order valence-corrected chi connectivity index (χ3v) is 8.95. The summed E-state index contributed by atoms with van der Waals surface area (Å²) < 4.78 is 0. The molecule has 0 heterocycles. The van der Waals surface area contributed by atoms with Crippen LogP contribution in [0.1, 0.15) is 152 Å². The number of carboxylic acids is 1. The number of aromatic carboxylic acids is 1. The fraction of sp³-hybridized carbons (Fsp3) is 0.568. The van der Waals surface area contributed by atoms with Crippen LogP contribution in [0.2, 0.25) is 0 Å². The topological polar surface area (TPSA) is 66.4 Å². The van der Waals surface area contributed by atoms with Gasteiger partial charge in [-0.1, -0.05) is 123 Å². The Morgan fingerprint density at radius 3 is 1.80 bits per heavy atom. The van der Waals surface area contributed by atoms with Gasteiger partial charge < -0.3 is 10.4 Å². The van der Waals surface area contributed by atoms with E-state index in [9.17, 15) is 14.7 Å². The van der Waals surface area contributed by atoms with Gasteiger partial charge in [0.2, 0.25) is 0 Å². The number of carbonyl (C=O) groups is 2. The van der Waals surface area contributed by atoms with E-state index in [1.165, 1.54) is 87.5 Å². The molecule has 4 heteroatoms. The molecule has 0 saturated heterocycles. The summed E-state index contributed by atoms with van der Waals surface area (Å²) in [4.78, 5) is 24.9. The number of rotatable bonds is 16. The SMILES string of the molecule is CCCCCCCCCCCCCC=C(C(=O)Nc1ccc(C(=O)O)cc1)c1ccc2c(c1)C(C)(C)CCC2(C)C. The average molecular weight is 560 g/mol. The zero-order valence-corrected chi connectivity index (χ0v) is 26.3. The van der Waals surface area contributed by atoms with Crippen LogP contribution in [0.15, 0.2) is 48.5 Å². The van der Waals surface area contributed by atoms with Gasteiger partial charge in [-0.05, 0) is 77.5 Å². The monoisotopic (exact) mass is 559 g/mol. The fourth-order valence-corrected chi connectivity index (χ4v) is 6.05. The first-order chi connectivity index (χ1) is 19.5. The summed E-state index contributed by atoms with van der Waals surface area (Å²) in [6.07, 6.45) is 19.5. The highest BCUT2D eigenvalue weighted by molar-refractivity contribution is 6.25. The van der Waals surface area contributed by atoms with Crippen LogP contribution in [0.5, 0.6) is 0 Å². The predicted octanol–water partition coefficient (Wildman–Crippen LogP) is 10.5. The van der Waals surface area contributed by atoms with Crippen molar-refractivity contribution in [3.05, 3.63) is 70.8 Å². The molecular weight excluding hydrogens is 506 g/mol. The summed E-state index contributed by atoms with van der Waals surface area (Å²) >= 11 is 0. The van der Waals surface area contributed by atoms with Crippen molar-refractivity contribution in [3.8, 4) is 0 Å². The Balaban J connectivity index is 1.69. The van der Waals surface area contributed by atoms with Gasteiger partial charge in [0.1, 0.15) is 0 Å². The lowest BCUT2D eigenvalue weighted by molar-refractivity contribution is -0.111. The molecule has 2 aromatic carbocycles. The van der Waals surface area contributed by atoms with E-state index in [0.29, 0.717) is 11.3 Å². The van der Waals surface area contributed by atoms with Crippen LogP contribution >= 0.6 is 0 Å². The number of anilines is 1. The number of nitrogens with one attached hydrogen (secondary N) is 1. The normalized spacial score (nSPS) is 15.8. The summed E-state index contributed by atoms with van der Waals surface area (Å²) in [5.41, 5.74) is 5.35. The zero-order chi connectivity index (χ0) is 29.9. The summed E-state index contributed by atoms with van der Waals surface area (Å²) in [7, 11) is 0. The van der Waals surface area contributed by atoms with Crippen molar-refractivity contribution in [1.29, 1.82) is 0 Å². The molecule has 41 heavy (non-hydrogen) atoms. The lowest BCUT2D eigenvalue weighted by Crippen LogP contribution is -2.34. The van der Waals surface area contributed by atoms with Crippen LogP contribution in [-0.4, -0.2) is 17.0 Å². The van der Waals surface area contributed by atoms with E-state index in [1.807, 2.05) is 0 Å². The van der Waals surface area contributed by atoms with Crippen molar-refractivity contribution >= 4 is 23.1 Å². The van der Waals surface area contributed by atoms with Crippen LogP contribution in [0.4, 0.5) is 5.69 Å². The maximum atomic E-state index is 13.6. The molecule has 0 spiro atoms. The van der Waals surface area contributed by atoms with Gasteiger partial charge in [-0.2, -0.15) is 0 Å². The number of amides is 1. The highest BCUT2D eigenvalue weighted by Gasteiger charge is 2.37. The minimum absolute atomic E-state index is 0.0606. The molecule has 0 bridgehead atoms. The maximum absolute atomic E-state index is 13.6. The first kappa shape index (κ1) is 32.6. The molecule has 0 aromatic heterocycles. The highest BCUT2D eigenvalue weighted by Crippen LogP contribution is 2.46. The summed E-state index contributed by atoms with van der Waals surface area (Å²) in [6.45, 7) is 11.5. The second kappa shape index (κ2) is 15.4. The van der Waals surface area contributed by atoms with E-state index < -0.39 is 5.97 Å². The number of hydrogen-bond donors (Lipinski definition) is 2. The minimum Gasteiger partial charge on any atom is -0.478 e. The lowest BCUT2D eigenvalue weighted by atomic mass is 9.63. The highest BCUT2D eigenvalue weighted by atomic mass is 16.4. The average Bonchev–Trinajstić information content (AvgIpc) is 2.94. The molecule has 0 aliphatic heterocycles. The number of allylic oxidation sites excluding steroid dienone is 1. The number of unbranched alkanes of at least 4 members (excludes halogenated alkanes) is 11. The third-order valence-electron chi connectivity index (χ3n) is 8.95. The van der Waals surface area contributed by atoms with Gasteiger partial charge >= 0.3 is 5.97 Å². The smallest absolute Gasteiger partial charge is 0.335 e. The van der Waals surface area contributed by atoms with Gasteiger partial charge in [-0.15, -0.1) is 0 Å². The minimum atomic E-state index is -0.977. The second-order valence-corrected chi connectivity index (χ2v) is 13.3. The second-order valence-electron chi connectivity index (χ2n) is 13.3. The van der Waals surface area contributed by atoms with Crippen molar-refractivity contribution in [3.63, 3.8) is 0 Å². The molecule has 0 unspecified atom stereocenters. The van der Waals surface area contributed by atoms with E-state index in [1.54, 1.807) is 12.1 Å². The largest absolute Gasteiger partial charge is 0.478 e. The molecule has 1 aliphatic rings. The Kier molecular flexibility index (Phi) is 12.2. The Morgan fingerprint density at radius 2 is 1.24 bits per heavy atom. The number of hydrogen-bond acceptors (Lipinski definition) is 2. The zero-order valence-electron chi connectivity index (χ0n) is 26.3.